The van der Waals surface area contributed by atoms with Gasteiger partial charge in [-0.2, -0.15) is 0 Å². The van der Waals surface area contributed by atoms with Crippen LogP contribution < -0.4 is 10.2 Å². The number of rotatable bonds is 6. The Morgan fingerprint density at radius 1 is 1.06 bits per heavy atom. The Hall–Kier alpha value is -2.80. The molecule has 0 atom stereocenters. The lowest BCUT2D eigenvalue weighted by Gasteiger charge is -2.34. The van der Waals surface area contributed by atoms with Gasteiger partial charge in [0.25, 0.3) is 0 Å². The number of ether oxygens (including phenoxy) is 2. The third-order valence-electron chi connectivity index (χ3n) is 6.80. The number of carbonyl (C=O) groups excluding carboxylic acids is 1. The molecule has 1 aromatic heterocycles. The summed E-state index contributed by atoms with van der Waals surface area (Å²) in [5, 5.41) is 0. The molecule has 1 aliphatic carbocycles. The molecule has 1 amide bonds. The number of hydrogen-bond donors (Lipinski definition) is 0. The van der Waals surface area contributed by atoms with Gasteiger partial charge in [0.2, 0.25) is 11.2 Å². The van der Waals surface area contributed by atoms with Crippen molar-refractivity contribution in [1.29, 1.82) is 0 Å². The molecule has 1 saturated heterocycles. The molecule has 2 aliphatic heterocycles. The fourth-order valence-corrected chi connectivity index (χ4v) is 4.56. The summed E-state index contributed by atoms with van der Waals surface area (Å²) >= 11 is 0. The quantitative estimate of drug-likeness (QED) is 0.680. The van der Waals surface area contributed by atoms with Crippen LogP contribution in [-0.4, -0.2) is 41.7 Å². The SMILES string of the molecule is O=C(OC1CCC1)N1CCC(COc2coc(CN3Cc4ccccc4C3)cc2=O)CC1. The van der Waals surface area contributed by atoms with Gasteiger partial charge in [-0.1, -0.05) is 24.3 Å². The number of hydrogen-bond acceptors (Lipinski definition) is 6. The molecule has 1 aromatic carbocycles. The maximum Gasteiger partial charge on any atom is 0.410 e. The molecule has 3 heterocycles. The van der Waals surface area contributed by atoms with E-state index < -0.39 is 0 Å². The molecule has 0 unspecified atom stereocenters. The van der Waals surface area contributed by atoms with Crippen LogP contribution in [0.3, 0.4) is 0 Å². The van der Waals surface area contributed by atoms with Gasteiger partial charge >= 0.3 is 6.09 Å². The average molecular weight is 439 g/mol. The van der Waals surface area contributed by atoms with Crippen molar-refractivity contribution in [3.8, 4) is 5.75 Å². The second-order valence-electron chi connectivity index (χ2n) is 9.17. The Kier molecular flexibility index (Phi) is 6.17. The molecule has 7 nitrogen and oxygen atoms in total. The number of piperidine rings is 1. The molecule has 5 rings (SSSR count). The number of nitrogens with zero attached hydrogens (tertiary/aromatic N) is 2. The van der Waals surface area contributed by atoms with Crippen LogP contribution in [0, 0.1) is 5.92 Å². The number of carbonyl (C=O) groups is 1. The van der Waals surface area contributed by atoms with Crippen molar-refractivity contribution < 1.29 is 18.7 Å². The molecule has 7 heteroatoms. The summed E-state index contributed by atoms with van der Waals surface area (Å²) in [5.41, 5.74) is 2.51. The minimum absolute atomic E-state index is 0.117. The van der Waals surface area contributed by atoms with Gasteiger partial charge in [-0.3, -0.25) is 9.69 Å². The molecular weight excluding hydrogens is 408 g/mol. The molecule has 2 fully saturated rings. The monoisotopic (exact) mass is 438 g/mol. The minimum Gasteiger partial charge on any atom is -0.486 e. The van der Waals surface area contributed by atoms with E-state index in [-0.39, 0.29) is 23.4 Å². The molecule has 0 radical (unpaired) electrons. The molecular formula is C25H30N2O5. The van der Waals surface area contributed by atoms with Gasteiger partial charge in [0.05, 0.1) is 13.2 Å². The Morgan fingerprint density at radius 2 is 1.78 bits per heavy atom. The van der Waals surface area contributed by atoms with Crippen molar-refractivity contribution in [2.75, 3.05) is 19.7 Å². The fourth-order valence-electron chi connectivity index (χ4n) is 4.56. The first-order valence-corrected chi connectivity index (χ1v) is 11.6. The van der Waals surface area contributed by atoms with Gasteiger partial charge in [0, 0.05) is 32.2 Å². The van der Waals surface area contributed by atoms with Crippen LogP contribution in [-0.2, 0) is 24.4 Å². The Balaban J connectivity index is 1.07. The lowest BCUT2D eigenvalue weighted by molar-refractivity contribution is 0.0186. The second kappa shape index (κ2) is 9.36. The van der Waals surface area contributed by atoms with Gasteiger partial charge in [-0.25, -0.2) is 4.79 Å². The summed E-state index contributed by atoms with van der Waals surface area (Å²) in [7, 11) is 0. The van der Waals surface area contributed by atoms with E-state index in [0.29, 0.717) is 37.9 Å². The van der Waals surface area contributed by atoms with Gasteiger partial charge in [0.15, 0.2) is 0 Å². The van der Waals surface area contributed by atoms with E-state index in [1.165, 1.54) is 23.5 Å². The van der Waals surface area contributed by atoms with E-state index in [0.717, 1.165) is 45.2 Å². The molecule has 0 N–H and O–H groups in total. The summed E-state index contributed by atoms with van der Waals surface area (Å²) in [4.78, 5) is 28.7. The van der Waals surface area contributed by atoms with Crippen molar-refractivity contribution >= 4 is 6.09 Å². The van der Waals surface area contributed by atoms with Gasteiger partial charge in [-0.05, 0) is 49.1 Å². The lowest BCUT2D eigenvalue weighted by Crippen LogP contribution is -2.42. The summed E-state index contributed by atoms with van der Waals surface area (Å²) in [6.45, 7) is 4.13. The minimum atomic E-state index is -0.189. The van der Waals surface area contributed by atoms with Crippen molar-refractivity contribution in [3.63, 3.8) is 0 Å². The van der Waals surface area contributed by atoms with Crippen LogP contribution in [0.5, 0.6) is 5.75 Å². The maximum absolute atomic E-state index is 12.5. The Morgan fingerprint density at radius 3 is 2.41 bits per heavy atom. The number of amides is 1. The molecule has 32 heavy (non-hydrogen) atoms. The summed E-state index contributed by atoms with van der Waals surface area (Å²) < 4.78 is 17.0. The molecule has 2 aromatic rings. The number of likely N-dealkylation sites (tertiary alicyclic amines) is 1. The smallest absolute Gasteiger partial charge is 0.410 e. The molecule has 3 aliphatic rings. The first-order chi connectivity index (χ1) is 15.6. The van der Waals surface area contributed by atoms with Crippen molar-refractivity contribution in [2.45, 2.75) is 57.8 Å². The largest absolute Gasteiger partial charge is 0.486 e. The molecule has 1 saturated carbocycles. The van der Waals surface area contributed by atoms with Crippen LogP contribution in [0.2, 0.25) is 0 Å². The number of fused-ring (bicyclic) bond motifs is 1. The van der Waals surface area contributed by atoms with Gasteiger partial charge in [0.1, 0.15) is 18.1 Å². The normalized spacial score (nSPS) is 19.4. The molecule has 0 spiro atoms. The third-order valence-corrected chi connectivity index (χ3v) is 6.80. The van der Waals surface area contributed by atoms with Crippen LogP contribution in [0.1, 0.15) is 49.0 Å². The van der Waals surface area contributed by atoms with E-state index >= 15 is 0 Å². The van der Waals surface area contributed by atoms with Crippen molar-refractivity contribution in [3.05, 3.63) is 63.7 Å². The first kappa shape index (κ1) is 21.1. The second-order valence-corrected chi connectivity index (χ2v) is 9.17. The Labute approximate surface area is 187 Å². The van der Waals surface area contributed by atoms with Crippen molar-refractivity contribution in [2.24, 2.45) is 5.92 Å². The fraction of sp³-hybridized carbons (Fsp3) is 0.520. The van der Waals surface area contributed by atoms with Crippen LogP contribution in [0.4, 0.5) is 4.79 Å². The zero-order valence-electron chi connectivity index (χ0n) is 18.3. The van der Waals surface area contributed by atoms with Gasteiger partial charge < -0.3 is 18.8 Å². The highest BCUT2D eigenvalue weighted by Crippen LogP contribution is 2.26. The Bertz CT molecular complexity index is 982. The zero-order chi connectivity index (χ0) is 21.9. The average Bonchev–Trinajstić information content (AvgIpc) is 3.18. The zero-order valence-corrected chi connectivity index (χ0v) is 18.3. The first-order valence-electron chi connectivity index (χ1n) is 11.6. The van der Waals surface area contributed by atoms with E-state index in [1.807, 2.05) is 0 Å². The van der Waals surface area contributed by atoms with Crippen molar-refractivity contribution in [1.82, 2.24) is 9.80 Å². The highest BCUT2D eigenvalue weighted by atomic mass is 16.6. The highest BCUT2D eigenvalue weighted by Gasteiger charge is 2.28. The maximum atomic E-state index is 12.5. The van der Waals surface area contributed by atoms with E-state index in [2.05, 4.69) is 29.2 Å². The summed E-state index contributed by atoms with van der Waals surface area (Å²) in [6.07, 6.45) is 6.19. The van der Waals surface area contributed by atoms with Gasteiger partial charge in [-0.15, -0.1) is 0 Å². The predicted molar refractivity (Wildman–Crippen MR) is 118 cm³/mol. The highest BCUT2D eigenvalue weighted by molar-refractivity contribution is 5.68. The van der Waals surface area contributed by atoms with E-state index in [9.17, 15) is 9.59 Å². The summed E-state index contributed by atoms with van der Waals surface area (Å²) in [6, 6.07) is 9.94. The predicted octanol–water partition coefficient (Wildman–Crippen LogP) is 3.94. The molecule has 170 valence electrons. The standard InChI is InChI=1S/C25H30N2O5/c28-23-12-22(15-26-13-19-4-1-2-5-20(19)14-26)30-17-24(23)31-16-18-8-10-27(11-9-18)25(29)32-21-6-3-7-21/h1-2,4-5,12,17-18,21H,3,6-11,13-16H2. The molecule has 0 bridgehead atoms. The van der Waals surface area contributed by atoms with E-state index in [1.54, 1.807) is 4.90 Å². The van der Waals surface area contributed by atoms with E-state index in [4.69, 9.17) is 13.9 Å². The van der Waals surface area contributed by atoms with Crippen LogP contribution in [0.15, 0.2) is 45.8 Å². The lowest BCUT2D eigenvalue weighted by atomic mass is 9.96. The van der Waals surface area contributed by atoms with Crippen LogP contribution >= 0.6 is 0 Å². The summed E-state index contributed by atoms with van der Waals surface area (Å²) in [5.74, 6) is 1.21. The third kappa shape index (κ3) is 4.83. The van der Waals surface area contributed by atoms with Crippen LogP contribution in [0.25, 0.3) is 0 Å². The topological polar surface area (TPSA) is 72.2 Å². The number of benzene rings is 1.